The molecular formula is C22H33N3O3. The zero-order chi connectivity index (χ0) is 20.9. The number of imide groups is 1. The van der Waals surface area contributed by atoms with Gasteiger partial charge >= 0.3 is 6.03 Å². The van der Waals surface area contributed by atoms with Gasteiger partial charge < -0.3 is 10.6 Å². The second kappa shape index (κ2) is 9.22. The molecule has 0 aliphatic carbocycles. The van der Waals surface area contributed by atoms with Gasteiger partial charge in [0.05, 0.1) is 6.04 Å². The fraction of sp³-hybridized carbons (Fsp3) is 0.591. The zero-order valence-electron chi connectivity index (χ0n) is 17.7. The number of carbonyl (C=O) groups excluding carboxylic acids is 3. The fourth-order valence-electron chi connectivity index (χ4n) is 3.51. The lowest BCUT2D eigenvalue weighted by molar-refractivity contribution is -0.135. The van der Waals surface area contributed by atoms with Crippen LogP contribution >= 0.6 is 0 Å². The lowest BCUT2D eigenvalue weighted by atomic mass is 9.94. The average Bonchev–Trinajstić information content (AvgIpc) is 2.84. The number of amides is 4. The van der Waals surface area contributed by atoms with Crippen LogP contribution in [-0.2, 0) is 9.59 Å². The number of nitrogens with one attached hydrogen (secondary N) is 2. The molecule has 0 spiro atoms. The highest BCUT2D eigenvalue weighted by Gasteiger charge is 2.47. The fourth-order valence-corrected chi connectivity index (χ4v) is 3.51. The Labute approximate surface area is 168 Å². The van der Waals surface area contributed by atoms with Crippen molar-refractivity contribution < 1.29 is 14.4 Å². The Morgan fingerprint density at radius 3 is 2.54 bits per heavy atom. The van der Waals surface area contributed by atoms with Crippen LogP contribution in [-0.4, -0.2) is 34.8 Å². The quantitative estimate of drug-likeness (QED) is 0.500. The predicted molar refractivity (Wildman–Crippen MR) is 110 cm³/mol. The summed E-state index contributed by atoms with van der Waals surface area (Å²) in [5.41, 5.74) is 2.44. The molecule has 2 atom stereocenters. The first-order valence-corrected chi connectivity index (χ1v) is 10.2. The third kappa shape index (κ3) is 5.12. The van der Waals surface area contributed by atoms with Gasteiger partial charge in [-0.2, -0.15) is 0 Å². The first-order valence-electron chi connectivity index (χ1n) is 10.2. The number of hydrogen-bond donors (Lipinski definition) is 2. The van der Waals surface area contributed by atoms with Crippen molar-refractivity contribution in [1.29, 1.82) is 0 Å². The standard InChI is InChI=1S/C22H33N3O3/c1-6-7-8-9-12-22(5)20(27)25(21(28)24-22)14-19(26)23-17(4)18-11-10-15(2)16(3)13-18/h10-11,13,17H,6-9,12,14H2,1-5H3,(H,23,26)(H,24,28). The van der Waals surface area contributed by atoms with Crippen molar-refractivity contribution in [3.05, 3.63) is 34.9 Å². The van der Waals surface area contributed by atoms with Crippen molar-refractivity contribution >= 4 is 17.8 Å². The van der Waals surface area contributed by atoms with Crippen molar-refractivity contribution in [2.24, 2.45) is 0 Å². The Morgan fingerprint density at radius 1 is 1.18 bits per heavy atom. The van der Waals surface area contributed by atoms with E-state index < -0.39 is 11.6 Å². The number of urea groups is 1. The van der Waals surface area contributed by atoms with Crippen LogP contribution in [0.5, 0.6) is 0 Å². The van der Waals surface area contributed by atoms with Crippen LogP contribution in [0.25, 0.3) is 0 Å². The number of benzene rings is 1. The minimum atomic E-state index is -0.912. The molecule has 1 fully saturated rings. The lowest BCUT2D eigenvalue weighted by Crippen LogP contribution is -2.45. The van der Waals surface area contributed by atoms with Crippen LogP contribution < -0.4 is 10.6 Å². The van der Waals surface area contributed by atoms with E-state index in [0.29, 0.717) is 6.42 Å². The number of aryl methyl sites for hydroxylation is 2. The van der Waals surface area contributed by atoms with Crippen LogP contribution in [0, 0.1) is 13.8 Å². The van der Waals surface area contributed by atoms with Crippen molar-refractivity contribution in [1.82, 2.24) is 15.5 Å². The molecule has 154 valence electrons. The van der Waals surface area contributed by atoms with E-state index in [1.807, 2.05) is 39.0 Å². The van der Waals surface area contributed by atoms with Crippen molar-refractivity contribution in [2.75, 3.05) is 6.54 Å². The third-order valence-electron chi connectivity index (χ3n) is 5.59. The summed E-state index contributed by atoms with van der Waals surface area (Å²) in [6.07, 6.45) is 4.72. The molecule has 6 nitrogen and oxygen atoms in total. The van der Waals surface area contributed by atoms with Crippen LogP contribution in [0.2, 0.25) is 0 Å². The van der Waals surface area contributed by atoms with Crippen LogP contribution in [0.1, 0.15) is 75.6 Å². The molecule has 0 saturated carbocycles. The molecule has 1 aromatic carbocycles. The minimum Gasteiger partial charge on any atom is -0.348 e. The summed E-state index contributed by atoms with van der Waals surface area (Å²) in [6.45, 7) is 9.58. The van der Waals surface area contributed by atoms with E-state index in [0.717, 1.165) is 41.7 Å². The van der Waals surface area contributed by atoms with Gasteiger partial charge in [-0.05, 0) is 50.8 Å². The molecule has 2 N–H and O–H groups in total. The maximum atomic E-state index is 12.7. The Bertz CT molecular complexity index is 747. The summed E-state index contributed by atoms with van der Waals surface area (Å²) in [5.74, 6) is -0.660. The van der Waals surface area contributed by atoms with Gasteiger partial charge in [0.15, 0.2) is 0 Å². The Morgan fingerprint density at radius 2 is 1.89 bits per heavy atom. The molecular weight excluding hydrogens is 354 g/mol. The van der Waals surface area contributed by atoms with Gasteiger partial charge in [-0.3, -0.25) is 14.5 Å². The van der Waals surface area contributed by atoms with E-state index in [9.17, 15) is 14.4 Å². The summed E-state index contributed by atoms with van der Waals surface area (Å²) in [4.78, 5) is 38.5. The summed E-state index contributed by atoms with van der Waals surface area (Å²) < 4.78 is 0. The highest BCUT2D eigenvalue weighted by atomic mass is 16.2. The lowest BCUT2D eigenvalue weighted by Gasteiger charge is -2.22. The van der Waals surface area contributed by atoms with Gasteiger partial charge in [0.1, 0.15) is 12.1 Å². The molecule has 2 rings (SSSR count). The van der Waals surface area contributed by atoms with E-state index in [4.69, 9.17) is 0 Å². The van der Waals surface area contributed by atoms with Crippen molar-refractivity contribution in [2.45, 2.75) is 78.3 Å². The number of hydrogen-bond acceptors (Lipinski definition) is 3. The number of unbranched alkanes of at least 4 members (excludes halogenated alkanes) is 3. The SMILES string of the molecule is CCCCCCC1(C)NC(=O)N(CC(=O)NC(C)c2ccc(C)c(C)c2)C1=O. The molecule has 1 aliphatic rings. The molecule has 1 aromatic rings. The van der Waals surface area contributed by atoms with Crippen LogP contribution in [0.3, 0.4) is 0 Å². The molecule has 4 amide bonds. The highest BCUT2D eigenvalue weighted by molar-refractivity contribution is 6.08. The summed E-state index contributed by atoms with van der Waals surface area (Å²) in [7, 11) is 0. The van der Waals surface area contributed by atoms with Gasteiger partial charge in [-0.1, -0.05) is 50.8 Å². The highest BCUT2D eigenvalue weighted by Crippen LogP contribution is 2.24. The topological polar surface area (TPSA) is 78.5 Å². The average molecular weight is 388 g/mol. The maximum Gasteiger partial charge on any atom is 0.325 e. The monoisotopic (exact) mass is 387 g/mol. The van der Waals surface area contributed by atoms with Crippen LogP contribution in [0.15, 0.2) is 18.2 Å². The van der Waals surface area contributed by atoms with Gasteiger partial charge in [0, 0.05) is 0 Å². The van der Waals surface area contributed by atoms with Gasteiger partial charge in [-0.15, -0.1) is 0 Å². The van der Waals surface area contributed by atoms with Crippen molar-refractivity contribution in [3.63, 3.8) is 0 Å². The smallest absolute Gasteiger partial charge is 0.325 e. The number of rotatable bonds is 9. The Kier molecular flexibility index (Phi) is 7.22. The molecule has 28 heavy (non-hydrogen) atoms. The van der Waals surface area contributed by atoms with Gasteiger partial charge in [-0.25, -0.2) is 4.79 Å². The van der Waals surface area contributed by atoms with Crippen molar-refractivity contribution in [3.8, 4) is 0 Å². The number of nitrogens with zero attached hydrogens (tertiary/aromatic N) is 1. The molecule has 2 unspecified atom stereocenters. The van der Waals surface area contributed by atoms with E-state index in [2.05, 4.69) is 17.6 Å². The first-order chi connectivity index (χ1) is 13.2. The normalized spacial score (nSPS) is 20.2. The molecule has 0 bridgehead atoms. The zero-order valence-corrected chi connectivity index (χ0v) is 17.7. The molecule has 1 saturated heterocycles. The van der Waals surface area contributed by atoms with Gasteiger partial charge in [0.2, 0.25) is 5.91 Å². The number of carbonyl (C=O) groups is 3. The predicted octanol–water partition coefficient (Wildman–Crippen LogP) is 3.76. The Hall–Kier alpha value is -2.37. The molecule has 0 radical (unpaired) electrons. The largest absolute Gasteiger partial charge is 0.348 e. The summed E-state index contributed by atoms with van der Waals surface area (Å²) >= 11 is 0. The molecule has 6 heteroatoms. The van der Waals surface area contributed by atoms with E-state index in [1.54, 1.807) is 6.92 Å². The molecule has 0 aromatic heterocycles. The second-order valence-electron chi connectivity index (χ2n) is 8.10. The van der Waals surface area contributed by atoms with E-state index in [-0.39, 0.29) is 24.4 Å². The minimum absolute atomic E-state index is 0.201. The summed E-state index contributed by atoms with van der Waals surface area (Å²) in [5, 5.41) is 5.65. The van der Waals surface area contributed by atoms with Crippen LogP contribution in [0.4, 0.5) is 4.79 Å². The second-order valence-corrected chi connectivity index (χ2v) is 8.10. The molecule has 1 aliphatic heterocycles. The molecule has 1 heterocycles. The maximum absolute atomic E-state index is 12.7. The third-order valence-corrected chi connectivity index (χ3v) is 5.59. The Balaban J connectivity index is 1.94. The first kappa shape index (κ1) is 21.9. The van der Waals surface area contributed by atoms with E-state index >= 15 is 0 Å². The summed E-state index contributed by atoms with van der Waals surface area (Å²) in [6, 6.07) is 5.36. The van der Waals surface area contributed by atoms with E-state index in [1.165, 1.54) is 5.56 Å². The van der Waals surface area contributed by atoms with Gasteiger partial charge in [0.25, 0.3) is 5.91 Å².